The average Bonchev–Trinajstić information content (AvgIpc) is 2.85. The molecule has 0 saturated carbocycles. The zero-order valence-corrected chi connectivity index (χ0v) is 17.5. The van der Waals surface area contributed by atoms with E-state index in [2.05, 4.69) is 15.2 Å². The van der Waals surface area contributed by atoms with E-state index >= 15 is 0 Å². The molecule has 0 radical (unpaired) electrons. The minimum Gasteiger partial charge on any atom is -0.496 e. The van der Waals surface area contributed by atoms with Crippen LogP contribution in [0.4, 0.5) is 0 Å². The molecular weight excluding hydrogens is 439 g/mol. The lowest BCUT2D eigenvalue weighted by Gasteiger charge is -2.22. The van der Waals surface area contributed by atoms with Crippen molar-refractivity contribution >= 4 is 41.5 Å². The summed E-state index contributed by atoms with van der Waals surface area (Å²) in [5.74, 6) is 1.68. The van der Waals surface area contributed by atoms with Crippen LogP contribution in [0.25, 0.3) is 0 Å². The third-order valence-corrected chi connectivity index (χ3v) is 3.88. The van der Waals surface area contributed by atoms with Crippen LogP contribution in [0.5, 0.6) is 5.75 Å². The standard InChI is InChI=1S/C17H23ClN4O.HI/c1-19-17(20-10-13-7-5-6-8-16(13)23-4)22(3)12-15-9-14(18)11-21(15)2;/h5-9,11H,10,12H2,1-4H3,(H,19,20);1H. The maximum atomic E-state index is 6.04. The number of nitrogens with one attached hydrogen (secondary N) is 1. The summed E-state index contributed by atoms with van der Waals surface area (Å²) in [4.78, 5) is 6.40. The van der Waals surface area contributed by atoms with Gasteiger partial charge in [0.05, 0.1) is 18.7 Å². The molecule has 0 aliphatic heterocycles. The van der Waals surface area contributed by atoms with Crippen LogP contribution in [0.2, 0.25) is 5.02 Å². The third-order valence-electron chi connectivity index (χ3n) is 3.68. The van der Waals surface area contributed by atoms with Crippen molar-refractivity contribution in [2.45, 2.75) is 13.1 Å². The van der Waals surface area contributed by atoms with Gasteiger partial charge in [0.15, 0.2) is 5.96 Å². The van der Waals surface area contributed by atoms with Gasteiger partial charge in [-0.25, -0.2) is 0 Å². The molecule has 1 N–H and O–H groups in total. The van der Waals surface area contributed by atoms with Crippen LogP contribution >= 0.6 is 35.6 Å². The number of para-hydroxylation sites is 1. The highest BCUT2D eigenvalue weighted by molar-refractivity contribution is 14.0. The maximum Gasteiger partial charge on any atom is 0.194 e. The SMILES string of the molecule is CN=C(NCc1ccccc1OC)N(C)Cc1cc(Cl)cn1C.I. The molecule has 1 aromatic heterocycles. The van der Waals surface area contributed by atoms with Crippen LogP contribution < -0.4 is 10.1 Å². The lowest BCUT2D eigenvalue weighted by atomic mass is 10.2. The first kappa shape index (κ1) is 20.6. The Morgan fingerprint density at radius 3 is 2.67 bits per heavy atom. The van der Waals surface area contributed by atoms with E-state index in [1.54, 1.807) is 14.2 Å². The van der Waals surface area contributed by atoms with Gasteiger partial charge in [0.25, 0.3) is 0 Å². The number of hydrogen-bond donors (Lipinski definition) is 1. The molecule has 0 aliphatic rings. The molecule has 2 rings (SSSR count). The van der Waals surface area contributed by atoms with Crippen LogP contribution in [0.15, 0.2) is 41.5 Å². The molecule has 5 nitrogen and oxygen atoms in total. The van der Waals surface area contributed by atoms with Gasteiger partial charge in [-0.05, 0) is 12.1 Å². The largest absolute Gasteiger partial charge is 0.496 e. The molecule has 0 unspecified atom stereocenters. The van der Waals surface area contributed by atoms with E-state index in [1.807, 2.05) is 55.2 Å². The lowest BCUT2D eigenvalue weighted by molar-refractivity contribution is 0.408. The highest BCUT2D eigenvalue weighted by atomic mass is 127. The molecule has 2 aromatic rings. The number of rotatable bonds is 5. The second kappa shape index (κ2) is 9.78. The highest BCUT2D eigenvalue weighted by Gasteiger charge is 2.10. The summed E-state index contributed by atoms with van der Waals surface area (Å²) in [5.41, 5.74) is 2.21. The molecule has 1 aromatic carbocycles. The Hall–Kier alpha value is -1.41. The van der Waals surface area contributed by atoms with Gasteiger partial charge >= 0.3 is 0 Å². The minimum atomic E-state index is 0. The number of aromatic nitrogens is 1. The monoisotopic (exact) mass is 462 g/mol. The Morgan fingerprint density at radius 2 is 2.08 bits per heavy atom. The summed E-state index contributed by atoms with van der Waals surface area (Å²) in [7, 11) is 7.44. The van der Waals surface area contributed by atoms with Crippen molar-refractivity contribution in [3.05, 3.63) is 52.8 Å². The number of aryl methyl sites for hydroxylation is 1. The number of guanidine groups is 1. The molecule has 24 heavy (non-hydrogen) atoms. The zero-order valence-electron chi connectivity index (χ0n) is 14.4. The molecule has 0 amide bonds. The number of ether oxygens (including phenoxy) is 1. The summed E-state index contributed by atoms with van der Waals surface area (Å²) < 4.78 is 7.39. The molecule has 0 aliphatic carbocycles. The fourth-order valence-electron chi connectivity index (χ4n) is 2.45. The third kappa shape index (κ3) is 5.31. The summed E-state index contributed by atoms with van der Waals surface area (Å²) in [5, 5.41) is 4.10. The summed E-state index contributed by atoms with van der Waals surface area (Å²) >= 11 is 6.04. The van der Waals surface area contributed by atoms with Crippen molar-refractivity contribution in [3.8, 4) is 5.75 Å². The van der Waals surface area contributed by atoms with Crippen LogP contribution in [0.1, 0.15) is 11.3 Å². The number of benzene rings is 1. The molecule has 132 valence electrons. The molecule has 0 saturated heterocycles. The Kier molecular flexibility index (Phi) is 8.41. The molecule has 7 heteroatoms. The van der Waals surface area contributed by atoms with Gasteiger partial charge < -0.3 is 19.5 Å². The number of nitrogens with zero attached hydrogens (tertiary/aromatic N) is 3. The van der Waals surface area contributed by atoms with E-state index in [9.17, 15) is 0 Å². The van der Waals surface area contributed by atoms with Gasteiger partial charge in [-0.1, -0.05) is 29.8 Å². The predicted molar refractivity (Wildman–Crippen MR) is 110 cm³/mol. The number of hydrogen-bond acceptors (Lipinski definition) is 2. The highest BCUT2D eigenvalue weighted by Crippen LogP contribution is 2.17. The maximum absolute atomic E-state index is 6.04. The fourth-order valence-corrected chi connectivity index (χ4v) is 2.72. The van der Waals surface area contributed by atoms with Crippen molar-refractivity contribution in [2.24, 2.45) is 12.0 Å². The van der Waals surface area contributed by atoms with Gasteiger partial charge in [-0.15, -0.1) is 24.0 Å². The molecule has 0 fully saturated rings. The van der Waals surface area contributed by atoms with Crippen LogP contribution in [-0.4, -0.2) is 36.6 Å². The van der Waals surface area contributed by atoms with Crippen LogP contribution in [0, 0.1) is 0 Å². The van der Waals surface area contributed by atoms with E-state index in [-0.39, 0.29) is 24.0 Å². The summed E-state index contributed by atoms with van der Waals surface area (Å²) in [6, 6.07) is 9.91. The van der Waals surface area contributed by atoms with Gasteiger partial charge in [-0.3, -0.25) is 4.99 Å². The molecule has 1 heterocycles. The predicted octanol–water partition coefficient (Wildman–Crippen LogP) is 3.51. The quantitative estimate of drug-likeness (QED) is 0.420. The Morgan fingerprint density at radius 1 is 1.38 bits per heavy atom. The Bertz CT molecular complexity index is 687. The second-order valence-corrected chi connectivity index (χ2v) is 5.77. The van der Waals surface area contributed by atoms with Crippen LogP contribution in [0.3, 0.4) is 0 Å². The molecule has 0 bridgehead atoms. The number of halogens is 2. The summed E-state index contributed by atoms with van der Waals surface area (Å²) in [6.07, 6.45) is 1.90. The second-order valence-electron chi connectivity index (χ2n) is 5.33. The van der Waals surface area contributed by atoms with Gasteiger partial charge in [0, 0.05) is 45.1 Å². The van der Waals surface area contributed by atoms with Crippen LogP contribution in [-0.2, 0) is 20.1 Å². The van der Waals surface area contributed by atoms with Gasteiger partial charge in [0.2, 0.25) is 0 Å². The van der Waals surface area contributed by atoms with E-state index in [1.165, 1.54) is 0 Å². The number of methoxy groups -OCH3 is 1. The first-order valence-electron chi connectivity index (χ1n) is 7.39. The number of aliphatic imine (C=N–C) groups is 1. The minimum absolute atomic E-state index is 0. The Balaban J connectivity index is 0.00000288. The van der Waals surface area contributed by atoms with Crippen molar-refractivity contribution < 1.29 is 4.74 Å². The first-order chi connectivity index (χ1) is 11.0. The van der Waals surface area contributed by atoms with Crippen molar-refractivity contribution in [2.75, 3.05) is 21.2 Å². The smallest absolute Gasteiger partial charge is 0.194 e. The topological polar surface area (TPSA) is 41.8 Å². The normalized spacial score (nSPS) is 11.0. The average molecular weight is 463 g/mol. The van der Waals surface area contributed by atoms with Gasteiger partial charge in [0.1, 0.15) is 5.75 Å². The molecular formula is C17H24ClIN4O. The van der Waals surface area contributed by atoms with E-state index in [4.69, 9.17) is 16.3 Å². The lowest BCUT2D eigenvalue weighted by Crippen LogP contribution is -2.38. The molecule has 0 spiro atoms. The van der Waals surface area contributed by atoms with Crippen molar-refractivity contribution in [1.29, 1.82) is 0 Å². The van der Waals surface area contributed by atoms with Crippen molar-refractivity contribution in [1.82, 2.24) is 14.8 Å². The van der Waals surface area contributed by atoms with E-state index in [0.29, 0.717) is 6.54 Å². The van der Waals surface area contributed by atoms with Crippen molar-refractivity contribution in [3.63, 3.8) is 0 Å². The zero-order chi connectivity index (χ0) is 16.8. The van der Waals surface area contributed by atoms with E-state index in [0.717, 1.165) is 34.5 Å². The first-order valence-corrected chi connectivity index (χ1v) is 7.77. The summed E-state index contributed by atoms with van der Waals surface area (Å²) in [6.45, 7) is 1.36. The van der Waals surface area contributed by atoms with Gasteiger partial charge in [-0.2, -0.15) is 0 Å². The van der Waals surface area contributed by atoms with E-state index < -0.39 is 0 Å². The molecule has 0 atom stereocenters. The Labute approximate surface area is 165 Å². The fraction of sp³-hybridized carbons (Fsp3) is 0.353.